The van der Waals surface area contributed by atoms with Crippen molar-refractivity contribution in [2.45, 2.75) is 19.0 Å². The minimum Gasteiger partial charge on any atom is -0.396 e. The quantitative estimate of drug-likeness (QED) is 0.699. The summed E-state index contributed by atoms with van der Waals surface area (Å²) in [6, 6.07) is 16.2. The molecule has 2 N–H and O–H groups in total. The molecule has 0 aliphatic rings. The van der Waals surface area contributed by atoms with E-state index in [0.29, 0.717) is 6.42 Å². The van der Waals surface area contributed by atoms with Crippen LogP contribution >= 0.6 is 11.3 Å². The van der Waals surface area contributed by atoms with Crippen molar-refractivity contribution >= 4 is 11.3 Å². The summed E-state index contributed by atoms with van der Waals surface area (Å²) in [5, 5.41) is 13.7. The molecule has 3 aromatic rings. The molecule has 0 aliphatic carbocycles. The van der Waals surface area contributed by atoms with Crippen LogP contribution in [0, 0.1) is 0 Å². The first kappa shape index (κ1) is 15.8. The number of benzene rings is 1. The molecule has 5 heteroatoms. The minimum absolute atomic E-state index is 0.140. The van der Waals surface area contributed by atoms with Crippen molar-refractivity contribution in [2.24, 2.45) is 0 Å². The highest BCUT2D eigenvalue weighted by atomic mass is 32.1. The van der Waals surface area contributed by atoms with Gasteiger partial charge in [-0.1, -0.05) is 36.4 Å². The molecule has 0 radical (unpaired) electrons. The molecule has 0 aliphatic heterocycles. The average molecular weight is 325 g/mol. The third kappa shape index (κ3) is 4.22. The van der Waals surface area contributed by atoms with Gasteiger partial charge in [-0.2, -0.15) is 0 Å². The largest absolute Gasteiger partial charge is 0.396 e. The van der Waals surface area contributed by atoms with E-state index in [2.05, 4.69) is 27.4 Å². The van der Waals surface area contributed by atoms with Crippen LogP contribution in [0.1, 0.15) is 22.9 Å². The van der Waals surface area contributed by atoms with Gasteiger partial charge in [0.25, 0.3) is 0 Å². The molecule has 0 amide bonds. The second kappa shape index (κ2) is 7.97. The van der Waals surface area contributed by atoms with Gasteiger partial charge in [-0.25, -0.2) is 4.98 Å². The lowest BCUT2D eigenvalue weighted by molar-refractivity contribution is 0.265. The van der Waals surface area contributed by atoms with Gasteiger partial charge >= 0.3 is 0 Å². The molecule has 1 aromatic carbocycles. The number of pyridine rings is 1. The van der Waals surface area contributed by atoms with Crippen molar-refractivity contribution < 1.29 is 5.11 Å². The first-order valence-corrected chi connectivity index (χ1v) is 8.44. The lowest BCUT2D eigenvalue weighted by atomic mass is 10.0. The van der Waals surface area contributed by atoms with E-state index in [-0.39, 0.29) is 12.6 Å². The van der Waals surface area contributed by atoms with Crippen LogP contribution in [0.25, 0.3) is 10.7 Å². The molecule has 0 bridgehead atoms. The number of aromatic nitrogens is 2. The molecule has 1 atom stereocenters. The van der Waals surface area contributed by atoms with E-state index in [1.165, 1.54) is 5.56 Å². The molecule has 2 aromatic heterocycles. The molecule has 4 nitrogen and oxygen atoms in total. The van der Waals surface area contributed by atoms with Crippen LogP contribution in [-0.2, 0) is 6.54 Å². The third-order valence-electron chi connectivity index (χ3n) is 3.58. The Morgan fingerprint density at radius 2 is 1.87 bits per heavy atom. The predicted octanol–water partition coefficient (Wildman–Crippen LogP) is 3.42. The van der Waals surface area contributed by atoms with E-state index >= 15 is 0 Å². The van der Waals surface area contributed by atoms with Crippen LogP contribution in [0.5, 0.6) is 0 Å². The Morgan fingerprint density at radius 3 is 2.61 bits per heavy atom. The topological polar surface area (TPSA) is 58.0 Å². The third-order valence-corrected chi connectivity index (χ3v) is 4.60. The maximum atomic E-state index is 9.29. The molecule has 3 rings (SSSR count). The van der Waals surface area contributed by atoms with E-state index in [1.54, 1.807) is 17.5 Å². The smallest absolute Gasteiger partial charge is 0.142 e. The molecule has 0 spiro atoms. The summed E-state index contributed by atoms with van der Waals surface area (Å²) in [4.78, 5) is 9.94. The Kier molecular flexibility index (Phi) is 5.47. The van der Waals surface area contributed by atoms with Crippen LogP contribution in [0.4, 0.5) is 0 Å². The van der Waals surface area contributed by atoms with E-state index in [0.717, 1.165) is 22.1 Å². The summed E-state index contributed by atoms with van der Waals surface area (Å²) in [6.45, 7) is 0.887. The van der Waals surface area contributed by atoms with Crippen LogP contribution in [0.3, 0.4) is 0 Å². The zero-order valence-corrected chi connectivity index (χ0v) is 13.5. The first-order chi connectivity index (χ1) is 11.4. The molecule has 2 heterocycles. The number of hydrogen-bond donors (Lipinski definition) is 2. The maximum absolute atomic E-state index is 9.29. The Bertz CT molecular complexity index is 715. The summed E-state index contributed by atoms with van der Waals surface area (Å²) in [7, 11) is 0. The van der Waals surface area contributed by atoms with Gasteiger partial charge in [0.05, 0.1) is 5.69 Å². The summed E-state index contributed by atoms with van der Waals surface area (Å²) in [6.07, 6.45) is 4.36. The number of nitrogens with zero attached hydrogens (tertiary/aromatic N) is 2. The van der Waals surface area contributed by atoms with Gasteiger partial charge in [0.15, 0.2) is 0 Å². The lowest BCUT2D eigenvalue weighted by Gasteiger charge is -2.17. The highest BCUT2D eigenvalue weighted by Gasteiger charge is 2.11. The van der Waals surface area contributed by atoms with Crippen LogP contribution < -0.4 is 5.32 Å². The number of nitrogens with one attached hydrogen (secondary N) is 1. The Balaban J connectivity index is 1.66. The maximum Gasteiger partial charge on any atom is 0.142 e. The van der Waals surface area contributed by atoms with Gasteiger partial charge in [-0.15, -0.1) is 11.3 Å². The Hall–Kier alpha value is -2.08. The zero-order valence-electron chi connectivity index (χ0n) is 12.7. The van der Waals surface area contributed by atoms with Gasteiger partial charge in [0, 0.05) is 36.5 Å². The number of aliphatic hydroxyl groups excluding tert-OH is 1. The minimum atomic E-state index is 0.140. The van der Waals surface area contributed by atoms with Crippen molar-refractivity contribution in [3.63, 3.8) is 0 Å². The monoisotopic (exact) mass is 325 g/mol. The standard InChI is InChI=1S/C18H19N3OS/c22-11-9-16(14-6-2-1-3-7-14)20-12-15-13-21-18(23-15)17-8-4-5-10-19-17/h1-8,10,13,16,20,22H,9,11-12H2/t16-/m1/s1. The fourth-order valence-electron chi connectivity index (χ4n) is 2.42. The number of rotatable bonds is 7. The zero-order chi connectivity index (χ0) is 15.9. The van der Waals surface area contributed by atoms with Crippen molar-refractivity contribution in [1.29, 1.82) is 0 Å². The highest BCUT2D eigenvalue weighted by Crippen LogP contribution is 2.24. The molecule has 0 fully saturated rings. The first-order valence-electron chi connectivity index (χ1n) is 7.62. The molecular weight excluding hydrogens is 306 g/mol. The van der Waals surface area contributed by atoms with Crippen molar-refractivity contribution in [3.8, 4) is 10.7 Å². The van der Waals surface area contributed by atoms with Gasteiger partial charge < -0.3 is 10.4 Å². The summed E-state index contributed by atoms with van der Waals surface area (Å²) in [5.74, 6) is 0. The van der Waals surface area contributed by atoms with E-state index in [9.17, 15) is 5.11 Å². The lowest BCUT2D eigenvalue weighted by Crippen LogP contribution is -2.21. The Morgan fingerprint density at radius 1 is 1.04 bits per heavy atom. The van der Waals surface area contributed by atoms with E-state index in [1.807, 2.05) is 42.6 Å². The summed E-state index contributed by atoms with van der Waals surface area (Å²) < 4.78 is 0. The summed E-state index contributed by atoms with van der Waals surface area (Å²) >= 11 is 1.64. The SMILES string of the molecule is OCC[C@@H](NCc1cnc(-c2ccccn2)s1)c1ccccc1. The van der Waals surface area contributed by atoms with Crippen LogP contribution in [0.15, 0.2) is 60.9 Å². The molecule has 0 unspecified atom stereocenters. The van der Waals surface area contributed by atoms with Gasteiger partial charge in [-0.3, -0.25) is 4.98 Å². The summed E-state index contributed by atoms with van der Waals surface area (Å²) in [5.41, 5.74) is 2.09. The van der Waals surface area contributed by atoms with Crippen molar-refractivity contribution in [3.05, 3.63) is 71.4 Å². The van der Waals surface area contributed by atoms with E-state index in [4.69, 9.17) is 0 Å². The number of thiazole rings is 1. The van der Waals surface area contributed by atoms with Crippen molar-refractivity contribution in [1.82, 2.24) is 15.3 Å². The van der Waals surface area contributed by atoms with E-state index < -0.39 is 0 Å². The molecule has 0 saturated heterocycles. The van der Waals surface area contributed by atoms with Crippen LogP contribution in [-0.4, -0.2) is 21.7 Å². The Labute approximate surface area is 139 Å². The molecule has 0 saturated carbocycles. The fourth-order valence-corrected chi connectivity index (χ4v) is 3.26. The van der Waals surface area contributed by atoms with Gasteiger partial charge in [0.1, 0.15) is 5.01 Å². The predicted molar refractivity (Wildman–Crippen MR) is 93.1 cm³/mol. The number of aliphatic hydroxyl groups is 1. The molecular formula is C18H19N3OS. The molecule has 23 heavy (non-hydrogen) atoms. The highest BCUT2D eigenvalue weighted by molar-refractivity contribution is 7.14. The second-order valence-corrected chi connectivity index (χ2v) is 6.32. The van der Waals surface area contributed by atoms with Gasteiger partial charge in [0.2, 0.25) is 0 Å². The second-order valence-electron chi connectivity index (χ2n) is 5.20. The molecule has 118 valence electrons. The fraction of sp³-hybridized carbons (Fsp3) is 0.222. The van der Waals surface area contributed by atoms with Crippen LogP contribution in [0.2, 0.25) is 0 Å². The van der Waals surface area contributed by atoms with Crippen molar-refractivity contribution in [2.75, 3.05) is 6.61 Å². The number of hydrogen-bond acceptors (Lipinski definition) is 5. The normalized spacial score (nSPS) is 12.2. The average Bonchev–Trinajstić information content (AvgIpc) is 3.09. The van der Waals surface area contributed by atoms with Gasteiger partial charge in [-0.05, 0) is 24.1 Å².